The van der Waals surface area contributed by atoms with Gasteiger partial charge in [0, 0.05) is 32.7 Å². The Kier molecular flexibility index (Phi) is 6.10. The summed E-state index contributed by atoms with van der Waals surface area (Å²) in [5.74, 6) is 0.472. The summed E-state index contributed by atoms with van der Waals surface area (Å²) in [6.07, 6.45) is 0. The Morgan fingerprint density at radius 1 is 0.339 bits per heavy atom. The Bertz CT molecular complexity index is 3590. The number of nitrogens with zero attached hydrogens (tertiary/aromatic N) is 3. The molecule has 0 saturated heterocycles. The molecule has 5 heteroatoms. The smallest absolute Gasteiger partial charge is 0.167 e. The van der Waals surface area contributed by atoms with E-state index in [0.29, 0.717) is 27.9 Å². The van der Waals surface area contributed by atoms with Crippen LogP contribution >= 0.6 is 0 Å². The SMILES string of the molecule is [2H]c1c(-c2ccc(-c3ccccc3)cc2)c([2H])c2c(oc3c([2H])c(-c4nc(-c5cccc(-c6ccccc6)c5)nc(-c5cccc6c5oc5ccccc56)n4)c([2H])c([2H])c32)c1[2H]. The summed E-state index contributed by atoms with van der Waals surface area (Å²) >= 11 is 0. The topological polar surface area (TPSA) is 65.0 Å². The number of aromatic nitrogens is 3. The zero-order chi connectivity index (χ0) is 42.2. The van der Waals surface area contributed by atoms with Crippen molar-refractivity contribution >= 4 is 43.9 Å². The normalized spacial score (nSPS) is 13.1. The second kappa shape index (κ2) is 13.0. The molecule has 11 aromatic rings. The second-order valence-corrected chi connectivity index (χ2v) is 13.5. The van der Waals surface area contributed by atoms with Crippen LogP contribution in [-0.2, 0) is 0 Å². The first-order valence-electron chi connectivity index (χ1n) is 21.2. The highest BCUT2D eigenvalue weighted by atomic mass is 16.3. The lowest BCUT2D eigenvalue weighted by atomic mass is 9.99. The van der Waals surface area contributed by atoms with Gasteiger partial charge in [0.2, 0.25) is 0 Å². The van der Waals surface area contributed by atoms with E-state index in [-0.39, 0.29) is 86.8 Å². The van der Waals surface area contributed by atoms with Crippen LogP contribution in [0.3, 0.4) is 0 Å². The van der Waals surface area contributed by atoms with E-state index < -0.39 is 0 Å². The Morgan fingerprint density at radius 2 is 0.929 bits per heavy atom. The number of benzene rings is 8. The predicted molar refractivity (Wildman–Crippen MR) is 227 cm³/mol. The third-order valence-corrected chi connectivity index (χ3v) is 10.0. The van der Waals surface area contributed by atoms with Crippen molar-refractivity contribution in [3.63, 3.8) is 0 Å². The number of furan rings is 2. The fraction of sp³-hybridized carbons (Fsp3) is 0. The summed E-state index contributed by atoms with van der Waals surface area (Å²) in [6, 6.07) is 46.8. The molecule has 3 heterocycles. The molecule has 0 fully saturated rings. The molecule has 0 atom stereocenters. The molecule has 0 radical (unpaired) electrons. The fourth-order valence-electron chi connectivity index (χ4n) is 7.24. The summed E-state index contributed by atoms with van der Waals surface area (Å²) in [5.41, 5.74) is 6.83. The van der Waals surface area contributed by atoms with Gasteiger partial charge in [0.15, 0.2) is 17.5 Å². The molecule has 0 N–H and O–H groups in total. The number of hydrogen-bond acceptors (Lipinski definition) is 5. The van der Waals surface area contributed by atoms with E-state index in [2.05, 4.69) is 0 Å². The highest BCUT2D eigenvalue weighted by Crippen LogP contribution is 2.38. The standard InChI is InChI=1S/C51H31N3O2/c1-3-11-32(12-4-1)34-21-23-35(24-22-34)37-26-28-46-44(30-37)41-27-25-39(31-47(41)55-46)50-52-49(38-16-9-15-36(29-38)33-13-5-2-6-14-33)53-51(54-50)43-19-10-18-42-40-17-7-8-20-45(40)56-48(42)43/h1-31H/i25D,26D,27D,28D,30D,31D. The minimum absolute atomic E-state index is 0.0355. The molecule has 3 aromatic heterocycles. The van der Waals surface area contributed by atoms with Crippen molar-refractivity contribution in [2.45, 2.75) is 0 Å². The average molecular weight is 724 g/mol. The minimum atomic E-state index is -0.358. The molecule has 0 unspecified atom stereocenters. The molecule has 8 aromatic carbocycles. The monoisotopic (exact) mass is 723 g/mol. The molecular weight excluding hydrogens is 687 g/mol. The van der Waals surface area contributed by atoms with Crippen LogP contribution in [0.15, 0.2) is 197 Å². The highest BCUT2D eigenvalue weighted by molar-refractivity contribution is 6.09. The molecule has 0 aliphatic heterocycles. The van der Waals surface area contributed by atoms with Gasteiger partial charge in [-0.3, -0.25) is 0 Å². The van der Waals surface area contributed by atoms with Crippen molar-refractivity contribution in [2.24, 2.45) is 0 Å². The van der Waals surface area contributed by atoms with Crippen LogP contribution in [0, 0.1) is 0 Å². The van der Waals surface area contributed by atoms with Crippen LogP contribution in [-0.4, -0.2) is 15.0 Å². The second-order valence-electron chi connectivity index (χ2n) is 13.5. The van der Waals surface area contributed by atoms with E-state index in [0.717, 1.165) is 33.0 Å². The van der Waals surface area contributed by atoms with Crippen LogP contribution in [0.25, 0.3) is 111 Å². The first-order valence-corrected chi connectivity index (χ1v) is 18.2. The van der Waals surface area contributed by atoms with Crippen molar-refractivity contribution in [3.8, 4) is 67.5 Å². The van der Waals surface area contributed by atoms with Crippen molar-refractivity contribution < 1.29 is 17.1 Å². The van der Waals surface area contributed by atoms with E-state index in [1.807, 2.05) is 152 Å². The van der Waals surface area contributed by atoms with E-state index in [9.17, 15) is 5.48 Å². The number of rotatable bonds is 6. The van der Waals surface area contributed by atoms with Gasteiger partial charge in [-0.25, -0.2) is 15.0 Å². The maximum atomic E-state index is 9.58. The lowest BCUT2D eigenvalue weighted by Gasteiger charge is -2.10. The Morgan fingerprint density at radius 3 is 1.73 bits per heavy atom. The van der Waals surface area contributed by atoms with Crippen molar-refractivity contribution in [1.29, 1.82) is 0 Å². The molecule has 0 spiro atoms. The Labute approximate surface area is 330 Å². The Balaban J connectivity index is 1.13. The van der Waals surface area contributed by atoms with Crippen molar-refractivity contribution in [3.05, 3.63) is 188 Å². The molecule has 11 rings (SSSR count). The zero-order valence-corrected chi connectivity index (χ0v) is 29.6. The molecule has 0 bridgehead atoms. The van der Waals surface area contributed by atoms with Crippen LogP contribution in [0.4, 0.5) is 0 Å². The van der Waals surface area contributed by atoms with Gasteiger partial charge in [-0.1, -0.05) is 146 Å². The molecule has 0 amide bonds. The maximum Gasteiger partial charge on any atom is 0.167 e. The first kappa shape index (κ1) is 26.2. The molecule has 0 aliphatic rings. The van der Waals surface area contributed by atoms with Gasteiger partial charge >= 0.3 is 0 Å². The predicted octanol–water partition coefficient (Wildman–Crippen LogP) is 13.7. The van der Waals surface area contributed by atoms with Gasteiger partial charge in [-0.05, 0) is 75.7 Å². The highest BCUT2D eigenvalue weighted by Gasteiger charge is 2.19. The van der Waals surface area contributed by atoms with Gasteiger partial charge in [0.1, 0.15) is 22.3 Å². The molecule has 262 valence electrons. The summed E-state index contributed by atoms with van der Waals surface area (Å²) in [6.45, 7) is 0. The molecule has 56 heavy (non-hydrogen) atoms. The maximum absolute atomic E-state index is 9.58. The lowest BCUT2D eigenvalue weighted by molar-refractivity contribution is 0.668. The van der Waals surface area contributed by atoms with Gasteiger partial charge in [-0.15, -0.1) is 0 Å². The van der Waals surface area contributed by atoms with Gasteiger partial charge < -0.3 is 8.83 Å². The molecule has 0 saturated carbocycles. The lowest BCUT2D eigenvalue weighted by Crippen LogP contribution is -2.00. The summed E-state index contributed by atoms with van der Waals surface area (Å²) in [5, 5.41) is 1.92. The number of fused-ring (bicyclic) bond motifs is 6. The minimum Gasteiger partial charge on any atom is -0.456 e. The number of para-hydroxylation sites is 2. The van der Waals surface area contributed by atoms with E-state index >= 15 is 0 Å². The molecular formula is C51H31N3O2. The van der Waals surface area contributed by atoms with E-state index in [4.69, 9.17) is 26.5 Å². The summed E-state index contributed by atoms with van der Waals surface area (Å²) < 4.78 is 68.5. The van der Waals surface area contributed by atoms with E-state index in [1.54, 1.807) is 0 Å². The van der Waals surface area contributed by atoms with Crippen LogP contribution in [0.1, 0.15) is 8.22 Å². The first-order chi connectivity index (χ1) is 30.2. The van der Waals surface area contributed by atoms with Crippen molar-refractivity contribution in [1.82, 2.24) is 15.0 Å². The largest absolute Gasteiger partial charge is 0.456 e. The molecule has 5 nitrogen and oxygen atoms in total. The summed E-state index contributed by atoms with van der Waals surface area (Å²) in [4.78, 5) is 14.8. The van der Waals surface area contributed by atoms with Crippen molar-refractivity contribution in [2.75, 3.05) is 0 Å². The average Bonchev–Trinajstić information content (AvgIpc) is 3.92. The fourth-order valence-corrected chi connectivity index (χ4v) is 7.24. The zero-order valence-electron chi connectivity index (χ0n) is 35.6. The number of hydrogen-bond donors (Lipinski definition) is 0. The third kappa shape index (κ3) is 5.53. The van der Waals surface area contributed by atoms with E-state index in [1.165, 1.54) is 0 Å². The summed E-state index contributed by atoms with van der Waals surface area (Å²) in [7, 11) is 0. The molecule has 0 aliphatic carbocycles. The van der Waals surface area contributed by atoms with Crippen LogP contribution < -0.4 is 0 Å². The quantitative estimate of drug-likeness (QED) is 0.171. The van der Waals surface area contributed by atoms with Crippen LogP contribution in [0.5, 0.6) is 0 Å². The van der Waals surface area contributed by atoms with Crippen LogP contribution in [0.2, 0.25) is 0 Å². The van der Waals surface area contributed by atoms with Gasteiger partial charge in [-0.2, -0.15) is 0 Å². The third-order valence-electron chi connectivity index (χ3n) is 10.0. The Hall–Kier alpha value is -7.63. The van der Waals surface area contributed by atoms with Gasteiger partial charge in [0.05, 0.1) is 13.8 Å². The van der Waals surface area contributed by atoms with Gasteiger partial charge in [0.25, 0.3) is 0 Å².